The largest absolute Gasteiger partial charge is 0.489 e. The van der Waals surface area contributed by atoms with Crippen molar-refractivity contribution in [3.8, 4) is 5.75 Å². The van der Waals surface area contributed by atoms with E-state index in [1.165, 1.54) is 24.3 Å². The standard InChI is InChI=1S/C25H28F2N2O4S/c26-18-7-3-16(4-8-18)14-29-11-1-2-19(15-29)33-24-13-23(27)22(12-21(24)17-5-6-17)25(30)28-34(31,32)20-9-10-20/h3-4,7-8,12-13,17,19-20H,1-2,5-6,9-11,14-15H2,(H,28,30)/t19-/m1/s1. The van der Waals surface area contributed by atoms with Crippen molar-refractivity contribution < 1.29 is 26.7 Å². The minimum absolute atomic E-state index is 0.138. The van der Waals surface area contributed by atoms with E-state index < -0.39 is 27.0 Å². The lowest BCUT2D eigenvalue weighted by Crippen LogP contribution is -2.40. The predicted octanol–water partition coefficient (Wildman–Crippen LogP) is 4.11. The summed E-state index contributed by atoms with van der Waals surface area (Å²) < 4.78 is 60.6. The highest BCUT2D eigenvalue weighted by Crippen LogP contribution is 2.45. The van der Waals surface area contributed by atoms with Crippen LogP contribution in [0.25, 0.3) is 0 Å². The molecule has 0 radical (unpaired) electrons. The van der Waals surface area contributed by atoms with Crippen LogP contribution in [0.2, 0.25) is 0 Å². The SMILES string of the molecule is O=C(NS(=O)(=O)C1CC1)c1cc(C2CC2)c(O[C@@H]2CCCN(Cc3ccc(F)cc3)C2)cc1F. The van der Waals surface area contributed by atoms with Gasteiger partial charge in [-0.05, 0) is 80.3 Å². The first-order valence-corrected chi connectivity index (χ1v) is 13.4. The molecule has 0 aromatic heterocycles. The fourth-order valence-corrected chi connectivity index (χ4v) is 5.78. The maximum absolute atomic E-state index is 14.9. The van der Waals surface area contributed by atoms with Crippen LogP contribution in [-0.2, 0) is 16.6 Å². The lowest BCUT2D eigenvalue weighted by Gasteiger charge is -2.33. The van der Waals surface area contributed by atoms with Gasteiger partial charge >= 0.3 is 0 Å². The zero-order chi connectivity index (χ0) is 23.9. The Labute approximate surface area is 198 Å². The highest BCUT2D eigenvalue weighted by molar-refractivity contribution is 7.91. The summed E-state index contributed by atoms with van der Waals surface area (Å²) in [6, 6.07) is 9.13. The Bertz CT molecular complexity index is 1180. The molecule has 2 aromatic rings. The zero-order valence-corrected chi connectivity index (χ0v) is 19.6. The zero-order valence-electron chi connectivity index (χ0n) is 18.8. The number of benzene rings is 2. The van der Waals surface area contributed by atoms with Crippen LogP contribution in [0.15, 0.2) is 36.4 Å². The number of hydrogen-bond acceptors (Lipinski definition) is 5. The molecule has 2 aromatic carbocycles. The maximum atomic E-state index is 14.9. The van der Waals surface area contributed by atoms with Crippen LogP contribution in [0.5, 0.6) is 5.75 Å². The molecule has 9 heteroatoms. The first-order chi connectivity index (χ1) is 16.3. The van der Waals surface area contributed by atoms with Crippen LogP contribution in [0.1, 0.15) is 65.9 Å². The van der Waals surface area contributed by atoms with Crippen LogP contribution < -0.4 is 9.46 Å². The summed E-state index contributed by atoms with van der Waals surface area (Å²) in [5.41, 5.74) is 1.51. The second-order valence-electron chi connectivity index (χ2n) is 9.56. The van der Waals surface area contributed by atoms with Gasteiger partial charge in [-0.25, -0.2) is 21.9 Å². The van der Waals surface area contributed by atoms with E-state index in [-0.39, 0.29) is 23.4 Å². The van der Waals surface area contributed by atoms with E-state index in [2.05, 4.69) is 4.90 Å². The molecule has 5 rings (SSSR count). The molecular weight excluding hydrogens is 462 g/mol. The van der Waals surface area contributed by atoms with E-state index in [9.17, 15) is 22.0 Å². The molecule has 1 heterocycles. The van der Waals surface area contributed by atoms with Crippen molar-refractivity contribution in [3.05, 3.63) is 64.7 Å². The van der Waals surface area contributed by atoms with Gasteiger partial charge in [0.25, 0.3) is 5.91 Å². The van der Waals surface area contributed by atoms with Crippen molar-refractivity contribution in [2.24, 2.45) is 0 Å². The average molecular weight is 491 g/mol. The summed E-state index contributed by atoms with van der Waals surface area (Å²) in [6.07, 6.45) is 4.49. The van der Waals surface area contributed by atoms with Crippen LogP contribution in [-0.4, -0.2) is 43.7 Å². The fourth-order valence-electron chi connectivity index (χ4n) is 4.49. The molecule has 0 spiro atoms. The van der Waals surface area contributed by atoms with Crippen LogP contribution in [0.3, 0.4) is 0 Å². The molecule has 0 bridgehead atoms. The lowest BCUT2D eigenvalue weighted by molar-refractivity contribution is 0.0832. The van der Waals surface area contributed by atoms with E-state index in [1.54, 1.807) is 12.1 Å². The summed E-state index contributed by atoms with van der Waals surface area (Å²) in [4.78, 5) is 14.8. The van der Waals surface area contributed by atoms with Gasteiger partial charge in [-0.1, -0.05) is 12.1 Å². The fraction of sp³-hybridized carbons (Fsp3) is 0.480. The highest BCUT2D eigenvalue weighted by Gasteiger charge is 2.38. The number of piperidine rings is 1. The van der Waals surface area contributed by atoms with Crippen molar-refractivity contribution in [1.82, 2.24) is 9.62 Å². The number of amides is 1. The van der Waals surface area contributed by atoms with Gasteiger partial charge in [-0.2, -0.15) is 0 Å². The number of nitrogens with one attached hydrogen (secondary N) is 1. The van der Waals surface area contributed by atoms with E-state index in [4.69, 9.17) is 4.74 Å². The summed E-state index contributed by atoms with van der Waals surface area (Å²) in [5, 5.41) is -0.561. The molecule has 3 aliphatic rings. The quantitative estimate of drug-likeness (QED) is 0.603. The molecule has 1 N–H and O–H groups in total. The first-order valence-electron chi connectivity index (χ1n) is 11.8. The van der Waals surface area contributed by atoms with Gasteiger partial charge in [-0.15, -0.1) is 0 Å². The number of sulfonamides is 1. The smallest absolute Gasteiger partial charge is 0.267 e. The summed E-state index contributed by atoms with van der Waals surface area (Å²) in [7, 11) is -3.76. The number of carbonyl (C=O) groups is 1. The Morgan fingerprint density at radius 3 is 2.47 bits per heavy atom. The number of ether oxygens (including phenoxy) is 1. The Morgan fingerprint density at radius 1 is 1.06 bits per heavy atom. The van der Waals surface area contributed by atoms with Gasteiger partial charge in [0.1, 0.15) is 23.5 Å². The van der Waals surface area contributed by atoms with Crippen molar-refractivity contribution >= 4 is 15.9 Å². The van der Waals surface area contributed by atoms with E-state index in [0.717, 1.165) is 43.4 Å². The van der Waals surface area contributed by atoms with Gasteiger partial charge in [-0.3, -0.25) is 9.69 Å². The van der Waals surface area contributed by atoms with Gasteiger partial charge in [0.15, 0.2) is 0 Å². The van der Waals surface area contributed by atoms with Gasteiger partial charge in [0.05, 0.1) is 10.8 Å². The Kier molecular flexibility index (Phi) is 6.33. The summed E-state index contributed by atoms with van der Waals surface area (Å²) in [6.45, 7) is 2.24. The van der Waals surface area contributed by atoms with Crippen LogP contribution in [0, 0.1) is 11.6 Å². The molecule has 2 saturated carbocycles. The monoisotopic (exact) mass is 490 g/mol. The maximum Gasteiger partial charge on any atom is 0.267 e. The third kappa shape index (κ3) is 5.41. The van der Waals surface area contributed by atoms with E-state index in [1.807, 2.05) is 4.72 Å². The van der Waals surface area contributed by atoms with Gasteiger partial charge < -0.3 is 4.74 Å². The minimum Gasteiger partial charge on any atom is -0.489 e. The second kappa shape index (κ2) is 9.26. The molecular formula is C25H28F2N2O4S. The molecule has 0 unspecified atom stereocenters. The summed E-state index contributed by atoms with van der Waals surface area (Å²) >= 11 is 0. The molecule has 1 amide bonds. The Balaban J connectivity index is 1.29. The summed E-state index contributed by atoms with van der Waals surface area (Å²) in [5.74, 6) is -1.38. The number of nitrogens with zero attached hydrogens (tertiary/aromatic N) is 1. The van der Waals surface area contributed by atoms with Crippen LogP contribution >= 0.6 is 0 Å². The Hall–Kier alpha value is -2.52. The van der Waals surface area contributed by atoms with Gasteiger partial charge in [0.2, 0.25) is 10.0 Å². The molecule has 6 nitrogen and oxygen atoms in total. The number of carbonyl (C=O) groups excluding carboxylic acids is 1. The first kappa shape index (κ1) is 23.2. The third-order valence-electron chi connectivity index (χ3n) is 6.63. The predicted molar refractivity (Wildman–Crippen MR) is 123 cm³/mol. The highest BCUT2D eigenvalue weighted by atomic mass is 32.2. The van der Waals surface area contributed by atoms with E-state index in [0.29, 0.717) is 31.7 Å². The lowest BCUT2D eigenvalue weighted by atomic mass is 10.0. The van der Waals surface area contributed by atoms with E-state index >= 15 is 0 Å². The topological polar surface area (TPSA) is 75.7 Å². The van der Waals surface area contributed by atoms with Crippen molar-refractivity contribution in [1.29, 1.82) is 0 Å². The minimum atomic E-state index is -3.76. The number of hydrogen-bond donors (Lipinski definition) is 1. The molecule has 182 valence electrons. The molecule has 34 heavy (non-hydrogen) atoms. The molecule has 1 atom stereocenters. The van der Waals surface area contributed by atoms with Crippen molar-refractivity contribution in [3.63, 3.8) is 0 Å². The number of halogens is 2. The van der Waals surface area contributed by atoms with Crippen LogP contribution in [0.4, 0.5) is 8.78 Å². The van der Waals surface area contributed by atoms with Crippen molar-refractivity contribution in [2.45, 2.75) is 62.3 Å². The average Bonchev–Trinajstić information content (AvgIpc) is 3.68. The molecule has 2 aliphatic carbocycles. The molecule has 1 saturated heterocycles. The molecule has 1 aliphatic heterocycles. The normalized spacial score (nSPS) is 21.3. The molecule has 3 fully saturated rings. The van der Waals surface area contributed by atoms with Crippen molar-refractivity contribution in [2.75, 3.05) is 13.1 Å². The second-order valence-corrected chi connectivity index (χ2v) is 11.5. The third-order valence-corrected chi connectivity index (χ3v) is 8.45. The Morgan fingerprint density at radius 2 is 1.79 bits per heavy atom. The number of likely N-dealkylation sites (tertiary alicyclic amines) is 1. The van der Waals surface area contributed by atoms with Gasteiger partial charge in [0, 0.05) is 19.2 Å². The number of rotatable bonds is 8.